The SMILES string of the molecule is CSN1CCOC(C(C)(C)C(=O)c2ccccc2)C1. The lowest BCUT2D eigenvalue weighted by Crippen LogP contribution is -2.49. The fourth-order valence-electron chi connectivity index (χ4n) is 2.34. The number of Topliss-reactive ketones (excluding diaryl/α,β-unsaturated/α-hetero) is 1. The highest BCUT2D eigenvalue weighted by atomic mass is 32.2. The van der Waals surface area contributed by atoms with Gasteiger partial charge in [0.05, 0.1) is 18.1 Å². The summed E-state index contributed by atoms with van der Waals surface area (Å²) in [5.41, 5.74) is 0.257. The molecule has 0 aliphatic carbocycles. The summed E-state index contributed by atoms with van der Waals surface area (Å²) >= 11 is 1.72. The third-order valence-corrected chi connectivity index (χ3v) is 4.56. The molecule has 1 unspecified atom stereocenters. The summed E-state index contributed by atoms with van der Waals surface area (Å²) in [5, 5.41) is 0. The molecule has 1 aromatic carbocycles. The second-order valence-corrected chi connectivity index (χ2v) is 6.23. The molecule has 0 N–H and O–H groups in total. The lowest BCUT2D eigenvalue weighted by Gasteiger charge is -2.39. The zero-order chi connectivity index (χ0) is 13.9. The van der Waals surface area contributed by atoms with Gasteiger partial charge >= 0.3 is 0 Å². The summed E-state index contributed by atoms with van der Waals surface area (Å²) in [6, 6.07) is 9.48. The number of ether oxygens (including phenoxy) is 1. The van der Waals surface area contributed by atoms with E-state index < -0.39 is 5.41 Å². The number of nitrogens with zero attached hydrogens (tertiary/aromatic N) is 1. The number of rotatable bonds is 4. The largest absolute Gasteiger partial charge is 0.374 e. The lowest BCUT2D eigenvalue weighted by atomic mass is 9.78. The van der Waals surface area contributed by atoms with Crippen molar-refractivity contribution in [2.75, 3.05) is 26.0 Å². The molecule has 1 atom stereocenters. The van der Waals surface area contributed by atoms with Gasteiger partial charge in [-0.2, -0.15) is 0 Å². The minimum atomic E-state index is -0.504. The van der Waals surface area contributed by atoms with Crippen LogP contribution in [0.15, 0.2) is 30.3 Å². The van der Waals surface area contributed by atoms with Crippen molar-refractivity contribution in [1.82, 2.24) is 4.31 Å². The summed E-state index contributed by atoms with van der Waals surface area (Å²) in [6.45, 7) is 6.38. The first kappa shape index (κ1) is 14.6. The van der Waals surface area contributed by atoms with Crippen LogP contribution in [0.2, 0.25) is 0 Å². The Morgan fingerprint density at radius 3 is 2.68 bits per heavy atom. The van der Waals surface area contributed by atoms with Crippen molar-refractivity contribution in [3.8, 4) is 0 Å². The average molecular weight is 279 g/mol. The highest BCUT2D eigenvalue weighted by Gasteiger charge is 2.40. The molecule has 1 aromatic rings. The standard InChI is InChI=1S/C15H21NO2S/c1-15(2,13-11-16(19-3)9-10-18-13)14(17)12-7-5-4-6-8-12/h4-8,13H,9-11H2,1-3H3. The minimum absolute atomic E-state index is 0.0543. The quantitative estimate of drug-likeness (QED) is 0.626. The molecular weight excluding hydrogens is 258 g/mol. The molecule has 0 aromatic heterocycles. The fraction of sp³-hybridized carbons (Fsp3) is 0.533. The predicted molar refractivity (Wildman–Crippen MR) is 79.4 cm³/mol. The number of hydrogen-bond donors (Lipinski definition) is 0. The van der Waals surface area contributed by atoms with Crippen molar-refractivity contribution in [1.29, 1.82) is 0 Å². The van der Waals surface area contributed by atoms with Crippen molar-refractivity contribution >= 4 is 17.7 Å². The summed E-state index contributed by atoms with van der Waals surface area (Å²) in [6.07, 6.45) is 2.01. The Morgan fingerprint density at radius 1 is 1.37 bits per heavy atom. The maximum Gasteiger partial charge on any atom is 0.171 e. The summed E-state index contributed by atoms with van der Waals surface area (Å²) < 4.78 is 8.10. The number of carbonyl (C=O) groups is 1. The van der Waals surface area contributed by atoms with Crippen LogP contribution in [0.3, 0.4) is 0 Å². The first-order valence-corrected chi connectivity index (χ1v) is 7.74. The predicted octanol–water partition coefficient (Wildman–Crippen LogP) is 2.87. The van der Waals surface area contributed by atoms with Gasteiger partial charge in [-0.3, -0.25) is 4.79 Å². The number of hydrogen-bond acceptors (Lipinski definition) is 4. The number of benzene rings is 1. The van der Waals surface area contributed by atoms with Gasteiger partial charge in [-0.25, -0.2) is 4.31 Å². The topological polar surface area (TPSA) is 29.5 Å². The molecule has 2 rings (SSSR count). The van der Waals surface area contributed by atoms with E-state index in [1.807, 2.05) is 44.2 Å². The summed E-state index contributed by atoms with van der Waals surface area (Å²) in [5.74, 6) is 0.154. The lowest BCUT2D eigenvalue weighted by molar-refractivity contribution is -0.0517. The Labute approximate surface area is 119 Å². The van der Waals surface area contributed by atoms with E-state index in [-0.39, 0.29) is 11.9 Å². The molecule has 104 valence electrons. The molecule has 3 nitrogen and oxygen atoms in total. The van der Waals surface area contributed by atoms with E-state index in [2.05, 4.69) is 10.6 Å². The zero-order valence-electron chi connectivity index (χ0n) is 11.8. The van der Waals surface area contributed by atoms with Crippen molar-refractivity contribution in [3.63, 3.8) is 0 Å². The zero-order valence-corrected chi connectivity index (χ0v) is 12.6. The third-order valence-electron chi connectivity index (χ3n) is 3.71. The van der Waals surface area contributed by atoms with Gasteiger partial charge in [0.1, 0.15) is 0 Å². The van der Waals surface area contributed by atoms with E-state index in [9.17, 15) is 4.79 Å². The average Bonchev–Trinajstić information content (AvgIpc) is 2.47. The van der Waals surface area contributed by atoms with Crippen LogP contribution in [0, 0.1) is 5.41 Å². The number of carbonyl (C=O) groups excluding carboxylic acids is 1. The van der Waals surface area contributed by atoms with Gasteiger partial charge in [-0.1, -0.05) is 42.3 Å². The second-order valence-electron chi connectivity index (χ2n) is 5.35. The molecule has 0 spiro atoms. The van der Waals surface area contributed by atoms with Crippen LogP contribution in [0.4, 0.5) is 0 Å². The van der Waals surface area contributed by atoms with Crippen LogP contribution in [0.5, 0.6) is 0 Å². The van der Waals surface area contributed by atoms with Gasteiger partial charge < -0.3 is 4.74 Å². The van der Waals surface area contributed by atoms with Crippen LogP contribution >= 0.6 is 11.9 Å². The van der Waals surface area contributed by atoms with Gasteiger partial charge in [-0.15, -0.1) is 0 Å². The van der Waals surface area contributed by atoms with Gasteiger partial charge in [0.25, 0.3) is 0 Å². The van der Waals surface area contributed by atoms with E-state index in [1.54, 1.807) is 11.9 Å². The monoisotopic (exact) mass is 279 g/mol. The fourth-order valence-corrected chi connectivity index (χ4v) is 2.88. The highest BCUT2D eigenvalue weighted by molar-refractivity contribution is 7.96. The van der Waals surface area contributed by atoms with E-state index in [0.717, 1.165) is 18.7 Å². The van der Waals surface area contributed by atoms with Crippen LogP contribution < -0.4 is 0 Å². The van der Waals surface area contributed by atoms with Crippen molar-refractivity contribution in [3.05, 3.63) is 35.9 Å². The molecule has 1 saturated heterocycles. The molecule has 19 heavy (non-hydrogen) atoms. The Balaban J connectivity index is 2.15. The molecule has 4 heteroatoms. The molecule has 1 heterocycles. The van der Waals surface area contributed by atoms with Crippen LogP contribution in [0.25, 0.3) is 0 Å². The molecule has 1 aliphatic rings. The van der Waals surface area contributed by atoms with Gasteiger partial charge in [-0.05, 0) is 20.1 Å². The molecule has 1 aliphatic heterocycles. The molecule has 0 radical (unpaired) electrons. The molecule has 0 amide bonds. The van der Waals surface area contributed by atoms with E-state index in [4.69, 9.17) is 4.74 Å². The number of morpholine rings is 1. The van der Waals surface area contributed by atoms with E-state index in [1.165, 1.54) is 0 Å². The van der Waals surface area contributed by atoms with E-state index in [0.29, 0.717) is 6.61 Å². The highest BCUT2D eigenvalue weighted by Crippen LogP contribution is 2.31. The molecule has 1 fully saturated rings. The molecular formula is C15H21NO2S. The first-order valence-electron chi connectivity index (χ1n) is 6.56. The maximum absolute atomic E-state index is 12.7. The van der Waals surface area contributed by atoms with Crippen LogP contribution in [-0.4, -0.2) is 42.1 Å². The van der Waals surface area contributed by atoms with Crippen LogP contribution in [-0.2, 0) is 4.74 Å². The Kier molecular flexibility index (Phi) is 4.66. The Bertz CT molecular complexity index is 433. The van der Waals surface area contributed by atoms with Crippen LogP contribution in [0.1, 0.15) is 24.2 Å². The minimum Gasteiger partial charge on any atom is -0.374 e. The Hall–Kier alpha value is -0.840. The van der Waals surface area contributed by atoms with E-state index >= 15 is 0 Å². The smallest absolute Gasteiger partial charge is 0.171 e. The molecule has 0 saturated carbocycles. The van der Waals surface area contributed by atoms with Gasteiger partial charge in [0.15, 0.2) is 5.78 Å². The third kappa shape index (κ3) is 3.19. The first-order chi connectivity index (χ1) is 9.05. The molecule has 0 bridgehead atoms. The van der Waals surface area contributed by atoms with Crippen molar-refractivity contribution < 1.29 is 9.53 Å². The maximum atomic E-state index is 12.7. The van der Waals surface area contributed by atoms with Crippen molar-refractivity contribution in [2.45, 2.75) is 20.0 Å². The normalized spacial score (nSPS) is 21.3. The summed E-state index contributed by atoms with van der Waals surface area (Å²) in [7, 11) is 0. The number of ketones is 1. The second kappa shape index (κ2) is 6.07. The van der Waals surface area contributed by atoms with Gasteiger partial charge in [0, 0.05) is 18.7 Å². The van der Waals surface area contributed by atoms with Gasteiger partial charge in [0.2, 0.25) is 0 Å². The van der Waals surface area contributed by atoms with Crippen molar-refractivity contribution in [2.24, 2.45) is 5.41 Å². The summed E-state index contributed by atoms with van der Waals surface area (Å²) in [4.78, 5) is 12.7. The Morgan fingerprint density at radius 2 is 2.05 bits per heavy atom.